The second-order valence-electron chi connectivity index (χ2n) is 5.37. The van der Waals surface area contributed by atoms with Crippen LogP contribution in [-0.4, -0.2) is 47.2 Å². The van der Waals surface area contributed by atoms with Gasteiger partial charge in [0.2, 0.25) is 0 Å². The number of hydrogen-bond donors (Lipinski definition) is 2. The summed E-state index contributed by atoms with van der Waals surface area (Å²) in [5.74, 6) is -0.706. The standard InChI is InChI=1S/C13H26N2O2/c1-5-8-15(10(2)3)11-6-7-13(9-11,14-4)12(16)17/h10-11,14H,5-9H2,1-4H3,(H,16,17). The monoisotopic (exact) mass is 242 g/mol. The lowest BCUT2D eigenvalue weighted by atomic mass is 9.97. The van der Waals surface area contributed by atoms with E-state index in [-0.39, 0.29) is 0 Å². The molecule has 0 bridgehead atoms. The van der Waals surface area contributed by atoms with Crippen LogP contribution in [0.15, 0.2) is 0 Å². The van der Waals surface area contributed by atoms with Gasteiger partial charge in [0, 0.05) is 12.1 Å². The molecule has 2 unspecified atom stereocenters. The molecule has 17 heavy (non-hydrogen) atoms. The van der Waals surface area contributed by atoms with E-state index in [1.54, 1.807) is 7.05 Å². The van der Waals surface area contributed by atoms with Gasteiger partial charge in [-0.3, -0.25) is 9.69 Å². The highest BCUT2D eigenvalue weighted by Crippen LogP contribution is 2.34. The Hall–Kier alpha value is -0.610. The van der Waals surface area contributed by atoms with Crippen LogP contribution in [0.4, 0.5) is 0 Å². The van der Waals surface area contributed by atoms with Crippen LogP contribution < -0.4 is 5.32 Å². The molecule has 0 radical (unpaired) electrons. The van der Waals surface area contributed by atoms with E-state index in [9.17, 15) is 9.90 Å². The van der Waals surface area contributed by atoms with E-state index in [1.165, 1.54) is 0 Å². The highest BCUT2D eigenvalue weighted by molar-refractivity contribution is 5.79. The summed E-state index contributed by atoms with van der Waals surface area (Å²) in [4.78, 5) is 13.8. The minimum Gasteiger partial charge on any atom is -0.480 e. The SMILES string of the molecule is CCCN(C(C)C)C1CCC(NC)(C(=O)O)C1. The van der Waals surface area contributed by atoms with E-state index in [1.807, 2.05) is 0 Å². The summed E-state index contributed by atoms with van der Waals surface area (Å²) in [6.07, 6.45) is 3.55. The first-order valence-electron chi connectivity index (χ1n) is 6.65. The summed E-state index contributed by atoms with van der Waals surface area (Å²) in [7, 11) is 1.76. The van der Waals surface area contributed by atoms with Gasteiger partial charge in [-0.05, 0) is 53.1 Å². The Morgan fingerprint density at radius 3 is 2.59 bits per heavy atom. The first-order valence-corrected chi connectivity index (χ1v) is 6.65. The largest absolute Gasteiger partial charge is 0.480 e. The quantitative estimate of drug-likeness (QED) is 0.744. The molecule has 1 aliphatic rings. The molecule has 0 aromatic rings. The maximum Gasteiger partial charge on any atom is 0.323 e. The van der Waals surface area contributed by atoms with Crippen molar-refractivity contribution in [3.8, 4) is 0 Å². The van der Waals surface area contributed by atoms with Crippen LogP contribution in [0.3, 0.4) is 0 Å². The number of rotatable bonds is 6. The molecule has 0 aliphatic heterocycles. The van der Waals surface area contributed by atoms with Crippen molar-refractivity contribution in [3.05, 3.63) is 0 Å². The molecule has 1 fully saturated rings. The van der Waals surface area contributed by atoms with Crippen LogP contribution in [0.25, 0.3) is 0 Å². The van der Waals surface area contributed by atoms with Gasteiger partial charge in [-0.2, -0.15) is 0 Å². The number of carboxylic acids is 1. The Kier molecular flexibility index (Phi) is 4.95. The maximum absolute atomic E-state index is 11.4. The van der Waals surface area contributed by atoms with Crippen molar-refractivity contribution in [3.63, 3.8) is 0 Å². The second kappa shape index (κ2) is 5.83. The predicted octanol–water partition coefficient (Wildman–Crippen LogP) is 1.70. The van der Waals surface area contributed by atoms with E-state index < -0.39 is 11.5 Å². The molecule has 1 aliphatic carbocycles. The Balaban J connectivity index is 2.73. The third-order valence-corrected chi connectivity index (χ3v) is 3.99. The molecule has 1 rings (SSSR count). The van der Waals surface area contributed by atoms with Crippen molar-refractivity contribution >= 4 is 5.97 Å². The molecule has 0 aromatic heterocycles. The summed E-state index contributed by atoms with van der Waals surface area (Å²) >= 11 is 0. The van der Waals surface area contributed by atoms with Crippen LogP contribution in [0.2, 0.25) is 0 Å². The molecule has 2 N–H and O–H groups in total. The number of carboxylic acid groups (broad SMARTS) is 1. The van der Waals surface area contributed by atoms with Crippen molar-refractivity contribution in [2.75, 3.05) is 13.6 Å². The van der Waals surface area contributed by atoms with Gasteiger partial charge in [0.25, 0.3) is 0 Å². The molecule has 100 valence electrons. The molecule has 4 heteroatoms. The summed E-state index contributed by atoms with van der Waals surface area (Å²) in [5.41, 5.74) is -0.703. The normalized spacial score (nSPS) is 29.2. The fraction of sp³-hybridized carbons (Fsp3) is 0.923. The van der Waals surface area contributed by atoms with Gasteiger partial charge in [0.15, 0.2) is 0 Å². The van der Waals surface area contributed by atoms with Gasteiger partial charge < -0.3 is 10.4 Å². The van der Waals surface area contributed by atoms with Crippen molar-refractivity contribution in [2.24, 2.45) is 0 Å². The van der Waals surface area contributed by atoms with Gasteiger partial charge in [0.1, 0.15) is 5.54 Å². The number of hydrogen-bond acceptors (Lipinski definition) is 3. The Labute approximate surface area is 104 Å². The first kappa shape index (κ1) is 14.5. The van der Waals surface area contributed by atoms with Crippen molar-refractivity contribution in [1.29, 1.82) is 0 Å². The molecule has 1 saturated carbocycles. The summed E-state index contributed by atoms with van der Waals surface area (Å²) < 4.78 is 0. The van der Waals surface area contributed by atoms with Crippen molar-refractivity contribution in [1.82, 2.24) is 10.2 Å². The summed E-state index contributed by atoms with van der Waals surface area (Å²) in [6, 6.07) is 0.889. The lowest BCUT2D eigenvalue weighted by molar-refractivity contribution is -0.144. The maximum atomic E-state index is 11.4. The van der Waals surface area contributed by atoms with Gasteiger partial charge in [0.05, 0.1) is 0 Å². The molecular weight excluding hydrogens is 216 g/mol. The molecule has 0 aromatic carbocycles. The number of carbonyl (C=O) groups is 1. The molecule has 0 amide bonds. The highest BCUT2D eigenvalue weighted by Gasteiger charge is 2.46. The number of nitrogens with zero attached hydrogens (tertiary/aromatic N) is 1. The molecule has 0 heterocycles. The zero-order valence-electron chi connectivity index (χ0n) is 11.5. The number of likely N-dealkylation sites (N-methyl/N-ethyl adjacent to an activating group) is 1. The fourth-order valence-electron chi connectivity index (χ4n) is 2.95. The minimum atomic E-state index is -0.706. The van der Waals surface area contributed by atoms with E-state index >= 15 is 0 Å². The highest BCUT2D eigenvalue weighted by atomic mass is 16.4. The number of nitrogens with one attached hydrogen (secondary N) is 1. The van der Waals surface area contributed by atoms with E-state index in [0.29, 0.717) is 12.1 Å². The Bertz CT molecular complexity index is 268. The summed E-state index contributed by atoms with van der Waals surface area (Å²) in [5, 5.41) is 12.4. The van der Waals surface area contributed by atoms with Crippen LogP contribution in [0, 0.1) is 0 Å². The van der Waals surface area contributed by atoms with E-state index in [0.717, 1.165) is 32.2 Å². The predicted molar refractivity (Wildman–Crippen MR) is 69.2 cm³/mol. The molecule has 2 atom stereocenters. The lowest BCUT2D eigenvalue weighted by Crippen LogP contribution is -2.50. The van der Waals surface area contributed by atoms with E-state index in [4.69, 9.17) is 0 Å². The van der Waals surface area contributed by atoms with Crippen LogP contribution in [-0.2, 0) is 4.79 Å². The van der Waals surface area contributed by atoms with Crippen LogP contribution in [0.1, 0.15) is 46.5 Å². The average Bonchev–Trinajstić information content (AvgIpc) is 2.70. The Morgan fingerprint density at radius 1 is 1.59 bits per heavy atom. The lowest BCUT2D eigenvalue weighted by Gasteiger charge is -2.33. The zero-order chi connectivity index (χ0) is 13.1. The van der Waals surface area contributed by atoms with Gasteiger partial charge >= 0.3 is 5.97 Å². The van der Waals surface area contributed by atoms with Crippen LogP contribution >= 0.6 is 0 Å². The molecule has 4 nitrogen and oxygen atoms in total. The molecular formula is C13H26N2O2. The minimum absolute atomic E-state index is 0.401. The van der Waals surface area contributed by atoms with Crippen molar-refractivity contribution < 1.29 is 9.90 Å². The van der Waals surface area contributed by atoms with Gasteiger partial charge in [-0.1, -0.05) is 6.92 Å². The average molecular weight is 242 g/mol. The molecule has 0 spiro atoms. The topological polar surface area (TPSA) is 52.6 Å². The van der Waals surface area contributed by atoms with Crippen LogP contribution in [0.5, 0.6) is 0 Å². The summed E-state index contributed by atoms with van der Waals surface area (Å²) in [6.45, 7) is 7.61. The third kappa shape index (κ3) is 2.99. The van der Waals surface area contributed by atoms with Gasteiger partial charge in [-0.25, -0.2) is 0 Å². The van der Waals surface area contributed by atoms with E-state index in [2.05, 4.69) is 31.0 Å². The first-order chi connectivity index (χ1) is 7.96. The second-order valence-corrected chi connectivity index (χ2v) is 5.37. The number of aliphatic carboxylic acids is 1. The fourth-order valence-corrected chi connectivity index (χ4v) is 2.95. The van der Waals surface area contributed by atoms with Gasteiger partial charge in [-0.15, -0.1) is 0 Å². The zero-order valence-corrected chi connectivity index (χ0v) is 11.5. The smallest absolute Gasteiger partial charge is 0.323 e. The third-order valence-electron chi connectivity index (χ3n) is 3.99. The van der Waals surface area contributed by atoms with Crippen molar-refractivity contribution in [2.45, 2.75) is 64.1 Å². The molecule has 0 saturated heterocycles. The Morgan fingerprint density at radius 2 is 2.24 bits per heavy atom.